The highest BCUT2D eigenvalue weighted by Gasteiger charge is 2.36. The van der Waals surface area contributed by atoms with E-state index in [4.69, 9.17) is 0 Å². The van der Waals surface area contributed by atoms with E-state index < -0.39 is 0 Å². The zero-order valence-electron chi connectivity index (χ0n) is 11.4. The number of hydrogen-bond acceptors (Lipinski definition) is 3. The summed E-state index contributed by atoms with van der Waals surface area (Å²) in [5.41, 5.74) is 6.45. The fourth-order valence-electron chi connectivity index (χ4n) is 3.45. The first-order valence-electron chi connectivity index (χ1n) is 6.94. The summed E-state index contributed by atoms with van der Waals surface area (Å²) < 4.78 is 0. The molecule has 1 aromatic heterocycles. The Bertz CT molecular complexity index is 535. The number of hydrogen-bond donors (Lipinski definition) is 1. The van der Waals surface area contributed by atoms with Crippen LogP contribution in [0.1, 0.15) is 29.7 Å². The fourth-order valence-corrected chi connectivity index (χ4v) is 4.01. The van der Waals surface area contributed by atoms with Crippen molar-refractivity contribution in [1.82, 2.24) is 10.3 Å². The molecule has 3 heteroatoms. The molecule has 1 aliphatic rings. The first kappa shape index (κ1) is 12.8. The number of fused-ring (bicyclic) bond motifs is 1. The molecule has 0 saturated carbocycles. The second-order valence-corrected chi connectivity index (χ2v) is 6.20. The van der Waals surface area contributed by atoms with Gasteiger partial charge in [-0.25, -0.2) is 4.98 Å². The molecule has 2 nitrogen and oxygen atoms in total. The van der Waals surface area contributed by atoms with Crippen LogP contribution in [0.25, 0.3) is 0 Å². The number of nitrogens with zero attached hydrogens (tertiary/aromatic N) is 1. The lowest BCUT2D eigenvalue weighted by atomic mass is 9.67. The summed E-state index contributed by atoms with van der Waals surface area (Å²) in [6.45, 7) is 1.03. The predicted octanol–water partition coefficient (Wildman–Crippen LogP) is 3.18. The lowest BCUT2D eigenvalue weighted by molar-refractivity contribution is 0.342. The van der Waals surface area contributed by atoms with Crippen LogP contribution in [-0.2, 0) is 18.3 Å². The molecule has 0 amide bonds. The van der Waals surface area contributed by atoms with Gasteiger partial charge in [-0.1, -0.05) is 24.3 Å². The van der Waals surface area contributed by atoms with Gasteiger partial charge in [0, 0.05) is 23.8 Å². The average Bonchev–Trinajstić information content (AvgIpc) is 2.92. The minimum Gasteiger partial charge on any atom is -0.319 e. The van der Waals surface area contributed by atoms with Crippen LogP contribution in [0, 0.1) is 0 Å². The molecule has 0 radical (unpaired) electrons. The number of aryl methyl sites for hydroxylation is 1. The van der Waals surface area contributed by atoms with Gasteiger partial charge in [-0.2, -0.15) is 0 Å². The van der Waals surface area contributed by atoms with E-state index >= 15 is 0 Å². The molecule has 1 heterocycles. The predicted molar refractivity (Wildman–Crippen MR) is 80.8 cm³/mol. The van der Waals surface area contributed by atoms with Crippen molar-refractivity contribution in [3.05, 3.63) is 52.0 Å². The molecular formula is C16H20N2S. The second-order valence-electron chi connectivity index (χ2n) is 5.48. The Hall–Kier alpha value is -1.19. The normalized spacial score (nSPS) is 22.2. The van der Waals surface area contributed by atoms with Crippen molar-refractivity contribution >= 4 is 11.3 Å². The zero-order valence-corrected chi connectivity index (χ0v) is 12.2. The molecule has 0 aliphatic heterocycles. The molecule has 1 unspecified atom stereocenters. The fraction of sp³-hybridized carbons (Fsp3) is 0.438. The van der Waals surface area contributed by atoms with E-state index in [0.29, 0.717) is 0 Å². The summed E-state index contributed by atoms with van der Waals surface area (Å²) in [4.78, 5) is 4.50. The number of nitrogens with one attached hydrogen (secondary N) is 1. The molecule has 100 valence electrons. The summed E-state index contributed by atoms with van der Waals surface area (Å²) in [5.74, 6) is 0. The van der Waals surface area contributed by atoms with Gasteiger partial charge in [-0.15, -0.1) is 11.3 Å². The molecule has 1 N–H and O–H groups in total. The highest BCUT2D eigenvalue weighted by Crippen LogP contribution is 2.39. The standard InChI is InChI=1S/C16H20N2S/c1-17-11-16(9-14-10-19-12-18-14)8-4-6-13-5-2-3-7-15(13)16/h2-3,5,7,10,12,17H,4,6,8-9,11H2,1H3. The molecule has 0 bridgehead atoms. The van der Waals surface area contributed by atoms with Crippen LogP contribution in [0.3, 0.4) is 0 Å². The van der Waals surface area contributed by atoms with Crippen LogP contribution < -0.4 is 5.32 Å². The highest BCUT2D eigenvalue weighted by atomic mass is 32.1. The molecule has 2 aromatic rings. The Morgan fingerprint density at radius 3 is 3.05 bits per heavy atom. The minimum atomic E-state index is 0.220. The summed E-state index contributed by atoms with van der Waals surface area (Å²) in [6.07, 6.45) is 4.80. The summed E-state index contributed by atoms with van der Waals surface area (Å²) >= 11 is 1.69. The number of aromatic nitrogens is 1. The third-order valence-electron chi connectivity index (χ3n) is 4.21. The lowest BCUT2D eigenvalue weighted by Crippen LogP contribution is -2.41. The van der Waals surface area contributed by atoms with Gasteiger partial charge in [0.25, 0.3) is 0 Å². The highest BCUT2D eigenvalue weighted by molar-refractivity contribution is 7.07. The van der Waals surface area contributed by atoms with E-state index in [1.165, 1.54) is 36.1 Å². The average molecular weight is 272 g/mol. The van der Waals surface area contributed by atoms with Crippen molar-refractivity contribution in [2.45, 2.75) is 31.1 Å². The number of rotatable bonds is 4. The Balaban J connectivity index is 2.01. The molecule has 1 aromatic carbocycles. The van der Waals surface area contributed by atoms with E-state index in [-0.39, 0.29) is 5.41 Å². The van der Waals surface area contributed by atoms with Crippen molar-refractivity contribution in [3.63, 3.8) is 0 Å². The topological polar surface area (TPSA) is 24.9 Å². The van der Waals surface area contributed by atoms with Gasteiger partial charge in [0.15, 0.2) is 0 Å². The van der Waals surface area contributed by atoms with Gasteiger partial charge in [-0.3, -0.25) is 0 Å². The van der Waals surface area contributed by atoms with Gasteiger partial charge in [0.1, 0.15) is 0 Å². The maximum atomic E-state index is 4.50. The van der Waals surface area contributed by atoms with Gasteiger partial charge in [0.05, 0.1) is 11.2 Å². The quantitative estimate of drug-likeness (QED) is 0.924. The van der Waals surface area contributed by atoms with Crippen molar-refractivity contribution in [3.8, 4) is 0 Å². The zero-order chi connectivity index (χ0) is 13.1. The van der Waals surface area contributed by atoms with Crippen LogP contribution in [-0.4, -0.2) is 18.6 Å². The smallest absolute Gasteiger partial charge is 0.0794 e. The van der Waals surface area contributed by atoms with E-state index in [1.807, 2.05) is 5.51 Å². The maximum absolute atomic E-state index is 4.50. The third-order valence-corrected chi connectivity index (χ3v) is 4.84. The Labute approximate surface area is 118 Å². The molecule has 1 atom stereocenters. The number of thiazole rings is 1. The molecule has 3 rings (SSSR count). The Kier molecular flexibility index (Phi) is 3.67. The Morgan fingerprint density at radius 2 is 2.26 bits per heavy atom. The summed E-state index contributed by atoms with van der Waals surface area (Å²) in [7, 11) is 2.06. The van der Waals surface area contributed by atoms with E-state index in [9.17, 15) is 0 Å². The molecule has 0 spiro atoms. The molecule has 0 fully saturated rings. The lowest BCUT2D eigenvalue weighted by Gasteiger charge is -2.39. The SMILES string of the molecule is CNCC1(Cc2cscn2)CCCc2ccccc21. The van der Waals surface area contributed by atoms with Crippen LogP contribution in [0.15, 0.2) is 35.2 Å². The van der Waals surface area contributed by atoms with E-state index in [1.54, 1.807) is 11.3 Å². The summed E-state index contributed by atoms with van der Waals surface area (Å²) in [5, 5.41) is 5.60. The second kappa shape index (κ2) is 5.43. The molecule has 19 heavy (non-hydrogen) atoms. The maximum Gasteiger partial charge on any atom is 0.0794 e. The largest absolute Gasteiger partial charge is 0.319 e. The van der Waals surface area contributed by atoms with E-state index in [2.05, 4.69) is 47.0 Å². The third kappa shape index (κ3) is 2.45. The van der Waals surface area contributed by atoms with Crippen LogP contribution in [0.2, 0.25) is 0 Å². The minimum absolute atomic E-state index is 0.220. The van der Waals surface area contributed by atoms with Gasteiger partial charge < -0.3 is 5.32 Å². The number of likely N-dealkylation sites (N-methyl/N-ethyl adjacent to an activating group) is 1. The number of benzene rings is 1. The van der Waals surface area contributed by atoms with E-state index in [0.717, 1.165) is 13.0 Å². The molecule has 1 aliphatic carbocycles. The molecular weight excluding hydrogens is 252 g/mol. The Morgan fingerprint density at radius 1 is 1.37 bits per heavy atom. The van der Waals surface area contributed by atoms with Crippen molar-refractivity contribution < 1.29 is 0 Å². The van der Waals surface area contributed by atoms with Crippen molar-refractivity contribution in [2.75, 3.05) is 13.6 Å². The van der Waals surface area contributed by atoms with Crippen molar-refractivity contribution in [2.24, 2.45) is 0 Å². The monoisotopic (exact) mass is 272 g/mol. The van der Waals surface area contributed by atoms with Crippen LogP contribution in [0.4, 0.5) is 0 Å². The summed E-state index contributed by atoms with van der Waals surface area (Å²) in [6, 6.07) is 8.95. The van der Waals surface area contributed by atoms with Gasteiger partial charge >= 0.3 is 0 Å². The van der Waals surface area contributed by atoms with Gasteiger partial charge in [0.2, 0.25) is 0 Å². The van der Waals surface area contributed by atoms with Crippen LogP contribution >= 0.6 is 11.3 Å². The first-order chi connectivity index (χ1) is 9.34. The van der Waals surface area contributed by atoms with Crippen molar-refractivity contribution in [1.29, 1.82) is 0 Å². The molecule has 0 saturated heterocycles. The first-order valence-corrected chi connectivity index (χ1v) is 7.88. The van der Waals surface area contributed by atoms with Crippen LogP contribution in [0.5, 0.6) is 0 Å². The van der Waals surface area contributed by atoms with Gasteiger partial charge in [-0.05, 0) is 37.4 Å².